The number of carbonyl (C=O) groups is 1. The van der Waals surface area contributed by atoms with Gasteiger partial charge in [-0.3, -0.25) is 9.69 Å². The molecule has 1 aromatic rings. The maximum Gasteiger partial charge on any atom is 0.304 e. The molecule has 1 aromatic heterocycles. The van der Waals surface area contributed by atoms with Gasteiger partial charge in [0.05, 0.1) is 19.2 Å². The number of furan rings is 1. The van der Waals surface area contributed by atoms with Crippen molar-refractivity contribution in [2.75, 3.05) is 13.1 Å². The molecule has 0 spiro atoms. The molecule has 0 bridgehead atoms. The van der Waals surface area contributed by atoms with Crippen LogP contribution in [0.1, 0.15) is 19.1 Å². The fourth-order valence-electron chi connectivity index (χ4n) is 1.23. The molecule has 1 heterocycles. The SMILES string of the molecule is CCN(CCC(=O)O)Cc1ccco1. The third-order valence-corrected chi connectivity index (χ3v) is 2.05. The lowest BCUT2D eigenvalue weighted by atomic mass is 10.3. The van der Waals surface area contributed by atoms with E-state index < -0.39 is 5.97 Å². The van der Waals surface area contributed by atoms with E-state index in [1.807, 2.05) is 24.0 Å². The summed E-state index contributed by atoms with van der Waals surface area (Å²) in [6, 6.07) is 3.73. The van der Waals surface area contributed by atoms with Crippen LogP contribution in [0, 0.1) is 0 Å². The van der Waals surface area contributed by atoms with E-state index in [1.54, 1.807) is 6.26 Å². The van der Waals surface area contributed by atoms with Gasteiger partial charge in [-0.25, -0.2) is 0 Å². The monoisotopic (exact) mass is 197 g/mol. The summed E-state index contributed by atoms with van der Waals surface area (Å²) in [6.45, 7) is 4.07. The maximum atomic E-state index is 10.4. The van der Waals surface area contributed by atoms with E-state index in [0.717, 1.165) is 12.3 Å². The van der Waals surface area contributed by atoms with Crippen molar-refractivity contribution in [3.05, 3.63) is 24.2 Å². The summed E-state index contributed by atoms with van der Waals surface area (Å²) in [4.78, 5) is 12.4. The Morgan fingerprint density at radius 3 is 2.93 bits per heavy atom. The van der Waals surface area contributed by atoms with Crippen molar-refractivity contribution < 1.29 is 14.3 Å². The Bertz CT molecular complexity index is 269. The predicted molar refractivity (Wildman–Crippen MR) is 51.9 cm³/mol. The van der Waals surface area contributed by atoms with Crippen LogP contribution in [-0.4, -0.2) is 29.1 Å². The molecule has 0 aromatic carbocycles. The van der Waals surface area contributed by atoms with Gasteiger partial charge in [-0.05, 0) is 18.7 Å². The Kier molecular flexibility index (Phi) is 4.19. The van der Waals surface area contributed by atoms with E-state index in [-0.39, 0.29) is 6.42 Å². The van der Waals surface area contributed by atoms with Crippen LogP contribution < -0.4 is 0 Å². The van der Waals surface area contributed by atoms with Crippen molar-refractivity contribution in [3.8, 4) is 0 Å². The molecule has 0 fully saturated rings. The lowest BCUT2D eigenvalue weighted by Gasteiger charge is -2.17. The largest absolute Gasteiger partial charge is 0.481 e. The molecule has 1 rings (SSSR count). The molecule has 4 nitrogen and oxygen atoms in total. The van der Waals surface area contributed by atoms with Crippen LogP contribution in [0.2, 0.25) is 0 Å². The molecule has 14 heavy (non-hydrogen) atoms. The number of rotatable bonds is 6. The first-order valence-electron chi connectivity index (χ1n) is 4.69. The molecule has 0 aliphatic heterocycles. The molecule has 0 saturated heterocycles. The van der Waals surface area contributed by atoms with Gasteiger partial charge in [-0.2, -0.15) is 0 Å². The van der Waals surface area contributed by atoms with Crippen LogP contribution in [0.4, 0.5) is 0 Å². The molecule has 0 aliphatic carbocycles. The van der Waals surface area contributed by atoms with Gasteiger partial charge in [-0.1, -0.05) is 6.92 Å². The molecule has 0 aliphatic rings. The van der Waals surface area contributed by atoms with E-state index in [1.165, 1.54) is 0 Å². The number of carboxylic acids is 1. The third-order valence-electron chi connectivity index (χ3n) is 2.05. The van der Waals surface area contributed by atoms with Gasteiger partial charge in [0, 0.05) is 6.54 Å². The van der Waals surface area contributed by atoms with Gasteiger partial charge in [0.1, 0.15) is 5.76 Å². The van der Waals surface area contributed by atoms with Gasteiger partial charge in [0.25, 0.3) is 0 Å². The second-order valence-corrected chi connectivity index (χ2v) is 3.09. The Morgan fingerprint density at radius 1 is 1.64 bits per heavy atom. The minimum atomic E-state index is -0.761. The average Bonchev–Trinajstić information content (AvgIpc) is 2.64. The van der Waals surface area contributed by atoms with Crippen LogP contribution in [0.15, 0.2) is 22.8 Å². The van der Waals surface area contributed by atoms with Gasteiger partial charge >= 0.3 is 5.97 Å². The van der Waals surface area contributed by atoms with E-state index in [2.05, 4.69) is 0 Å². The Morgan fingerprint density at radius 2 is 2.43 bits per heavy atom. The minimum absolute atomic E-state index is 0.175. The summed E-state index contributed by atoms with van der Waals surface area (Å²) in [6.07, 6.45) is 1.80. The Balaban J connectivity index is 2.35. The zero-order valence-corrected chi connectivity index (χ0v) is 8.27. The molecule has 0 saturated carbocycles. The molecule has 0 radical (unpaired) electrons. The lowest BCUT2D eigenvalue weighted by Crippen LogP contribution is -2.25. The maximum absolute atomic E-state index is 10.4. The molecule has 0 atom stereocenters. The molecule has 4 heteroatoms. The van der Waals surface area contributed by atoms with Crippen LogP contribution in [-0.2, 0) is 11.3 Å². The summed E-state index contributed by atoms with van der Waals surface area (Å²) in [5, 5.41) is 8.53. The highest BCUT2D eigenvalue weighted by Crippen LogP contribution is 2.05. The summed E-state index contributed by atoms with van der Waals surface area (Å²) >= 11 is 0. The zero-order valence-electron chi connectivity index (χ0n) is 8.27. The average molecular weight is 197 g/mol. The number of aliphatic carboxylic acids is 1. The van der Waals surface area contributed by atoms with Crippen molar-refractivity contribution in [1.29, 1.82) is 0 Å². The Hall–Kier alpha value is -1.29. The Labute approximate surface area is 83.1 Å². The van der Waals surface area contributed by atoms with E-state index in [4.69, 9.17) is 9.52 Å². The normalized spacial score (nSPS) is 10.7. The molecular formula is C10H15NO3. The number of nitrogens with zero attached hydrogens (tertiary/aromatic N) is 1. The first kappa shape index (κ1) is 10.8. The van der Waals surface area contributed by atoms with Crippen LogP contribution in [0.25, 0.3) is 0 Å². The zero-order chi connectivity index (χ0) is 10.4. The van der Waals surface area contributed by atoms with Crippen molar-refractivity contribution in [2.24, 2.45) is 0 Å². The van der Waals surface area contributed by atoms with Crippen molar-refractivity contribution in [2.45, 2.75) is 19.9 Å². The van der Waals surface area contributed by atoms with Crippen molar-refractivity contribution >= 4 is 5.97 Å². The predicted octanol–water partition coefficient (Wildman–Crippen LogP) is 1.58. The van der Waals surface area contributed by atoms with Gasteiger partial charge < -0.3 is 9.52 Å². The molecule has 0 amide bonds. The molecule has 0 unspecified atom stereocenters. The van der Waals surface area contributed by atoms with E-state index >= 15 is 0 Å². The quantitative estimate of drug-likeness (QED) is 0.752. The van der Waals surface area contributed by atoms with Crippen molar-refractivity contribution in [3.63, 3.8) is 0 Å². The van der Waals surface area contributed by atoms with Crippen LogP contribution >= 0.6 is 0 Å². The summed E-state index contributed by atoms with van der Waals surface area (Å²) in [5.41, 5.74) is 0. The molecule has 1 N–H and O–H groups in total. The summed E-state index contributed by atoms with van der Waals surface area (Å²) in [7, 11) is 0. The van der Waals surface area contributed by atoms with Gasteiger partial charge in [0.2, 0.25) is 0 Å². The molecule has 78 valence electrons. The van der Waals surface area contributed by atoms with Crippen LogP contribution in [0.3, 0.4) is 0 Å². The molecular weight excluding hydrogens is 182 g/mol. The number of hydrogen-bond donors (Lipinski definition) is 1. The lowest BCUT2D eigenvalue weighted by molar-refractivity contribution is -0.137. The van der Waals surface area contributed by atoms with E-state index in [9.17, 15) is 4.79 Å². The number of hydrogen-bond acceptors (Lipinski definition) is 3. The fourth-order valence-corrected chi connectivity index (χ4v) is 1.23. The smallest absolute Gasteiger partial charge is 0.304 e. The van der Waals surface area contributed by atoms with E-state index in [0.29, 0.717) is 13.1 Å². The fraction of sp³-hybridized carbons (Fsp3) is 0.500. The summed E-state index contributed by atoms with van der Waals surface area (Å²) < 4.78 is 5.18. The third kappa shape index (κ3) is 3.62. The standard InChI is InChI=1S/C10H15NO3/c1-2-11(6-5-10(12)13)8-9-4-3-7-14-9/h3-4,7H,2,5-6,8H2,1H3,(H,12,13). The first-order chi connectivity index (χ1) is 6.72. The number of carboxylic acid groups (broad SMARTS) is 1. The highest BCUT2D eigenvalue weighted by atomic mass is 16.4. The highest BCUT2D eigenvalue weighted by molar-refractivity contribution is 5.66. The van der Waals surface area contributed by atoms with Gasteiger partial charge in [0.15, 0.2) is 0 Å². The topological polar surface area (TPSA) is 53.7 Å². The van der Waals surface area contributed by atoms with Crippen LogP contribution in [0.5, 0.6) is 0 Å². The minimum Gasteiger partial charge on any atom is -0.481 e. The first-order valence-corrected chi connectivity index (χ1v) is 4.69. The summed E-state index contributed by atoms with van der Waals surface area (Å²) in [5.74, 6) is 0.111. The second-order valence-electron chi connectivity index (χ2n) is 3.09. The van der Waals surface area contributed by atoms with Crippen molar-refractivity contribution in [1.82, 2.24) is 4.90 Å². The highest BCUT2D eigenvalue weighted by Gasteiger charge is 2.07. The van der Waals surface area contributed by atoms with Gasteiger partial charge in [-0.15, -0.1) is 0 Å². The second kappa shape index (κ2) is 5.44.